The fraction of sp³-hybridized carbons (Fsp3) is 0.381. The lowest BCUT2D eigenvalue weighted by atomic mass is 9.99. The normalized spacial score (nSPS) is 17.4. The van der Waals surface area contributed by atoms with Gasteiger partial charge in [-0.15, -0.1) is 0 Å². The van der Waals surface area contributed by atoms with E-state index in [-0.39, 0.29) is 11.9 Å². The minimum atomic E-state index is 0.101. The van der Waals surface area contributed by atoms with Gasteiger partial charge in [0.2, 0.25) is 0 Å². The van der Waals surface area contributed by atoms with Crippen molar-refractivity contribution >= 4 is 11.6 Å². The maximum Gasteiger partial charge on any atom is 0.254 e. The van der Waals surface area contributed by atoms with Crippen molar-refractivity contribution in [1.82, 2.24) is 4.90 Å². The first kappa shape index (κ1) is 17.5. The van der Waals surface area contributed by atoms with E-state index < -0.39 is 0 Å². The lowest BCUT2D eigenvalue weighted by molar-refractivity contribution is 0.0623. The van der Waals surface area contributed by atoms with Crippen LogP contribution in [0.5, 0.6) is 0 Å². The molecule has 0 radical (unpaired) electrons. The molecule has 0 bridgehead atoms. The highest BCUT2D eigenvalue weighted by molar-refractivity contribution is 5.95. The highest BCUT2D eigenvalue weighted by Crippen LogP contribution is 2.25. The van der Waals surface area contributed by atoms with Gasteiger partial charge in [0.15, 0.2) is 0 Å². The average Bonchev–Trinajstić information content (AvgIpc) is 2.67. The molecule has 0 aliphatic carbocycles. The zero-order valence-electron chi connectivity index (χ0n) is 15.1. The Hall–Kier alpha value is -2.33. The summed E-state index contributed by atoms with van der Waals surface area (Å²) >= 11 is 0. The van der Waals surface area contributed by atoms with Crippen molar-refractivity contribution in [3.63, 3.8) is 0 Å². The molecule has 3 rings (SSSR count). The molecular weight excluding hydrogens is 310 g/mol. The topological polar surface area (TPSA) is 49.6 Å². The monoisotopic (exact) mass is 337 g/mol. The van der Waals surface area contributed by atoms with Gasteiger partial charge in [-0.3, -0.25) is 4.79 Å². The van der Waals surface area contributed by atoms with Crippen LogP contribution in [0.25, 0.3) is 11.1 Å². The van der Waals surface area contributed by atoms with Gasteiger partial charge in [0.25, 0.3) is 5.91 Å². The molecule has 1 fully saturated rings. The standard InChI is InChI=1S/C21H27N3O/c1-23(2)19-8-5-6-18(14-19)16-9-11-17(12-10-16)21(25)24-13-4-3-7-20(24)15-22/h5-6,8-12,14,20H,3-4,7,13,15,22H2,1-2H3. The van der Waals surface area contributed by atoms with Crippen molar-refractivity contribution in [3.05, 3.63) is 54.1 Å². The maximum absolute atomic E-state index is 12.8. The van der Waals surface area contributed by atoms with Gasteiger partial charge in [-0.05, 0) is 54.7 Å². The minimum absolute atomic E-state index is 0.101. The van der Waals surface area contributed by atoms with E-state index in [0.29, 0.717) is 6.54 Å². The second-order valence-electron chi connectivity index (χ2n) is 6.91. The lowest BCUT2D eigenvalue weighted by Gasteiger charge is -2.35. The second kappa shape index (κ2) is 7.70. The first-order chi connectivity index (χ1) is 12.1. The molecule has 4 heteroatoms. The summed E-state index contributed by atoms with van der Waals surface area (Å²) in [6, 6.07) is 16.5. The van der Waals surface area contributed by atoms with E-state index >= 15 is 0 Å². The average molecular weight is 337 g/mol. The van der Waals surface area contributed by atoms with Gasteiger partial charge in [-0.1, -0.05) is 24.3 Å². The SMILES string of the molecule is CN(C)c1cccc(-c2ccc(C(=O)N3CCCCC3CN)cc2)c1. The number of rotatable bonds is 4. The summed E-state index contributed by atoms with van der Waals surface area (Å²) in [6.07, 6.45) is 3.24. The Balaban J connectivity index is 1.80. The highest BCUT2D eigenvalue weighted by atomic mass is 16.2. The van der Waals surface area contributed by atoms with Gasteiger partial charge in [-0.25, -0.2) is 0 Å². The molecule has 0 saturated carbocycles. The van der Waals surface area contributed by atoms with Gasteiger partial charge in [0.05, 0.1) is 0 Å². The van der Waals surface area contributed by atoms with Crippen LogP contribution in [0.4, 0.5) is 5.69 Å². The molecule has 0 spiro atoms. The molecule has 0 aromatic heterocycles. The van der Waals surface area contributed by atoms with E-state index in [9.17, 15) is 4.79 Å². The Bertz CT molecular complexity index is 724. The van der Waals surface area contributed by atoms with E-state index in [2.05, 4.69) is 29.2 Å². The molecule has 1 saturated heterocycles. The Morgan fingerprint density at radius 1 is 1.12 bits per heavy atom. The van der Waals surface area contributed by atoms with Crippen LogP contribution in [-0.2, 0) is 0 Å². The fourth-order valence-corrected chi connectivity index (χ4v) is 3.45. The van der Waals surface area contributed by atoms with Crippen molar-refractivity contribution in [2.24, 2.45) is 5.73 Å². The van der Waals surface area contributed by atoms with Crippen LogP contribution in [0.3, 0.4) is 0 Å². The van der Waals surface area contributed by atoms with Gasteiger partial charge >= 0.3 is 0 Å². The van der Waals surface area contributed by atoms with Crippen molar-refractivity contribution in [3.8, 4) is 11.1 Å². The van der Waals surface area contributed by atoms with Gasteiger partial charge in [0, 0.05) is 44.5 Å². The first-order valence-corrected chi connectivity index (χ1v) is 8.99. The molecule has 1 atom stereocenters. The zero-order chi connectivity index (χ0) is 17.8. The van der Waals surface area contributed by atoms with Crippen molar-refractivity contribution in [1.29, 1.82) is 0 Å². The zero-order valence-corrected chi connectivity index (χ0v) is 15.1. The molecule has 4 nitrogen and oxygen atoms in total. The lowest BCUT2D eigenvalue weighted by Crippen LogP contribution is -2.47. The molecule has 2 N–H and O–H groups in total. The van der Waals surface area contributed by atoms with Gasteiger partial charge < -0.3 is 15.5 Å². The summed E-state index contributed by atoms with van der Waals surface area (Å²) in [5.74, 6) is 0.101. The Morgan fingerprint density at radius 3 is 2.56 bits per heavy atom. The van der Waals surface area contributed by atoms with Crippen LogP contribution < -0.4 is 10.6 Å². The Labute approximate surface area is 150 Å². The number of hydrogen-bond acceptors (Lipinski definition) is 3. The Kier molecular flexibility index (Phi) is 5.39. The third kappa shape index (κ3) is 3.85. The number of piperidine rings is 1. The Morgan fingerprint density at radius 2 is 1.88 bits per heavy atom. The molecule has 1 aliphatic rings. The van der Waals surface area contributed by atoms with Crippen molar-refractivity contribution < 1.29 is 4.79 Å². The molecule has 1 heterocycles. The van der Waals surface area contributed by atoms with Crippen LogP contribution >= 0.6 is 0 Å². The van der Waals surface area contributed by atoms with E-state index in [0.717, 1.165) is 48.2 Å². The molecule has 132 valence electrons. The number of likely N-dealkylation sites (tertiary alicyclic amines) is 1. The predicted octanol–water partition coefficient (Wildman–Crippen LogP) is 3.37. The molecule has 2 aromatic rings. The molecule has 25 heavy (non-hydrogen) atoms. The number of amides is 1. The number of carbonyl (C=O) groups is 1. The van der Waals surface area contributed by atoms with E-state index in [1.54, 1.807) is 0 Å². The number of nitrogens with zero attached hydrogens (tertiary/aromatic N) is 2. The van der Waals surface area contributed by atoms with Crippen LogP contribution in [0.2, 0.25) is 0 Å². The number of benzene rings is 2. The summed E-state index contributed by atoms with van der Waals surface area (Å²) in [6.45, 7) is 1.36. The van der Waals surface area contributed by atoms with E-state index in [4.69, 9.17) is 5.73 Å². The van der Waals surface area contributed by atoms with Crippen LogP contribution in [0.1, 0.15) is 29.6 Å². The van der Waals surface area contributed by atoms with Gasteiger partial charge in [-0.2, -0.15) is 0 Å². The second-order valence-corrected chi connectivity index (χ2v) is 6.91. The van der Waals surface area contributed by atoms with E-state index in [1.165, 1.54) is 0 Å². The molecule has 1 amide bonds. The summed E-state index contributed by atoms with van der Waals surface area (Å²) < 4.78 is 0. The van der Waals surface area contributed by atoms with Crippen LogP contribution in [-0.4, -0.2) is 44.0 Å². The van der Waals surface area contributed by atoms with Crippen molar-refractivity contribution in [2.45, 2.75) is 25.3 Å². The van der Waals surface area contributed by atoms with Gasteiger partial charge in [0.1, 0.15) is 0 Å². The molecular formula is C21H27N3O. The number of hydrogen-bond donors (Lipinski definition) is 1. The quantitative estimate of drug-likeness (QED) is 0.930. The molecule has 1 aliphatic heterocycles. The maximum atomic E-state index is 12.8. The van der Waals surface area contributed by atoms with Crippen molar-refractivity contribution in [2.75, 3.05) is 32.1 Å². The minimum Gasteiger partial charge on any atom is -0.378 e. The van der Waals surface area contributed by atoms with E-state index in [1.807, 2.05) is 43.3 Å². The number of anilines is 1. The number of nitrogens with two attached hydrogens (primary N) is 1. The summed E-state index contributed by atoms with van der Waals surface area (Å²) in [4.78, 5) is 16.9. The van der Waals surface area contributed by atoms with Crippen LogP contribution in [0.15, 0.2) is 48.5 Å². The summed E-state index contributed by atoms with van der Waals surface area (Å²) in [7, 11) is 4.07. The third-order valence-corrected chi connectivity index (χ3v) is 4.99. The fourth-order valence-electron chi connectivity index (χ4n) is 3.45. The molecule has 2 aromatic carbocycles. The largest absolute Gasteiger partial charge is 0.378 e. The highest BCUT2D eigenvalue weighted by Gasteiger charge is 2.26. The van der Waals surface area contributed by atoms with Crippen LogP contribution in [0, 0.1) is 0 Å². The third-order valence-electron chi connectivity index (χ3n) is 4.99. The smallest absolute Gasteiger partial charge is 0.254 e. The predicted molar refractivity (Wildman–Crippen MR) is 104 cm³/mol. The summed E-state index contributed by atoms with van der Waals surface area (Å²) in [5.41, 5.74) is 10.0. The number of carbonyl (C=O) groups excluding carboxylic acids is 1. The first-order valence-electron chi connectivity index (χ1n) is 8.99. The summed E-state index contributed by atoms with van der Waals surface area (Å²) in [5, 5.41) is 0. The molecule has 1 unspecified atom stereocenters.